The lowest BCUT2D eigenvalue weighted by atomic mass is 9.67. The van der Waals surface area contributed by atoms with Crippen molar-refractivity contribution in [2.75, 3.05) is 19.8 Å². The Morgan fingerprint density at radius 2 is 2.12 bits per heavy atom. The van der Waals surface area contributed by atoms with Gasteiger partial charge in [-0.15, -0.1) is 0 Å². The van der Waals surface area contributed by atoms with Crippen molar-refractivity contribution < 1.29 is 14.3 Å². The summed E-state index contributed by atoms with van der Waals surface area (Å²) in [7, 11) is 0. The quantitative estimate of drug-likeness (QED) is 0.744. The number of fused-ring (bicyclic) bond motifs is 1. The van der Waals surface area contributed by atoms with Crippen LogP contribution in [0.5, 0.6) is 0 Å². The van der Waals surface area contributed by atoms with Crippen molar-refractivity contribution in [2.24, 2.45) is 5.41 Å². The number of ether oxygens (including phenoxy) is 2. The summed E-state index contributed by atoms with van der Waals surface area (Å²) < 4.78 is 13.4. The van der Waals surface area contributed by atoms with Crippen LogP contribution in [0, 0.1) is 5.41 Å². The second-order valence-electron chi connectivity index (χ2n) is 7.31. The fourth-order valence-corrected chi connectivity index (χ4v) is 4.29. The number of carbonyl (C=O) groups is 1. The average molecular weight is 334 g/mol. The number of hydrogen-bond donors (Lipinski definition) is 0. The summed E-state index contributed by atoms with van der Waals surface area (Å²) in [5.41, 5.74) is 3.29. The predicted octanol–water partition coefficient (Wildman–Crippen LogP) is 3.71. The van der Waals surface area contributed by atoms with Crippen LogP contribution < -0.4 is 0 Å². The van der Waals surface area contributed by atoms with Crippen LogP contribution in [0.1, 0.15) is 80.5 Å². The highest BCUT2D eigenvalue weighted by molar-refractivity contribution is 5.94. The van der Waals surface area contributed by atoms with Crippen molar-refractivity contribution >= 4 is 5.78 Å². The van der Waals surface area contributed by atoms with Crippen molar-refractivity contribution in [3.8, 4) is 0 Å². The summed E-state index contributed by atoms with van der Waals surface area (Å²) in [5, 5.41) is 4.59. The molecule has 2 aliphatic rings. The highest BCUT2D eigenvalue weighted by Crippen LogP contribution is 2.46. The van der Waals surface area contributed by atoms with E-state index in [2.05, 4.69) is 18.9 Å². The molecule has 0 bridgehead atoms. The minimum Gasteiger partial charge on any atom is -0.381 e. The Kier molecular flexibility index (Phi) is 5.40. The molecule has 134 valence electrons. The summed E-state index contributed by atoms with van der Waals surface area (Å²) in [5.74, 6) is 0.504. The molecule has 0 atom stereocenters. The zero-order chi connectivity index (χ0) is 17.2. The van der Waals surface area contributed by atoms with Gasteiger partial charge in [0.15, 0.2) is 5.78 Å². The minimum absolute atomic E-state index is 0.0774. The van der Waals surface area contributed by atoms with E-state index in [1.165, 1.54) is 5.56 Å². The van der Waals surface area contributed by atoms with Crippen LogP contribution in [0.25, 0.3) is 0 Å². The molecule has 1 aromatic rings. The third kappa shape index (κ3) is 3.29. The van der Waals surface area contributed by atoms with Gasteiger partial charge in [0.05, 0.1) is 32.1 Å². The fourth-order valence-electron chi connectivity index (χ4n) is 4.29. The first-order chi connectivity index (χ1) is 11.6. The molecule has 0 unspecified atom stereocenters. The summed E-state index contributed by atoms with van der Waals surface area (Å²) >= 11 is 0. The van der Waals surface area contributed by atoms with Crippen LogP contribution in [0.4, 0.5) is 0 Å². The molecule has 0 aromatic carbocycles. The highest BCUT2D eigenvalue weighted by Gasteiger charge is 2.37. The Hall–Kier alpha value is -1.20. The van der Waals surface area contributed by atoms with Crippen molar-refractivity contribution in [1.29, 1.82) is 0 Å². The first-order valence-electron chi connectivity index (χ1n) is 9.36. The number of rotatable bonds is 6. The van der Waals surface area contributed by atoms with E-state index in [9.17, 15) is 4.79 Å². The van der Waals surface area contributed by atoms with E-state index in [-0.39, 0.29) is 5.78 Å². The van der Waals surface area contributed by atoms with Crippen LogP contribution in [-0.2, 0) is 22.6 Å². The monoisotopic (exact) mass is 334 g/mol. The molecule has 2 heterocycles. The van der Waals surface area contributed by atoms with Crippen LogP contribution in [0.3, 0.4) is 0 Å². The van der Waals surface area contributed by atoms with Gasteiger partial charge >= 0.3 is 0 Å². The van der Waals surface area contributed by atoms with E-state index in [1.807, 2.05) is 4.68 Å². The van der Waals surface area contributed by atoms with Gasteiger partial charge in [0.2, 0.25) is 0 Å². The Morgan fingerprint density at radius 1 is 1.38 bits per heavy atom. The molecule has 0 saturated heterocycles. The van der Waals surface area contributed by atoms with E-state index in [1.54, 1.807) is 6.92 Å². The molecule has 1 aromatic heterocycles. The number of Topliss-reactive ketones (excluding diaryl/α,β-unsaturated/α-hetero) is 1. The van der Waals surface area contributed by atoms with Gasteiger partial charge in [0, 0.05) is 19.1 Å². The van der Waals surface area contributed by atoms with E-state index in [0.717, 1.165) is 57.6 Å². The van der Waals surface area contributed by atoms with Gasteiger partial charge in [0.25, 0.3) is 0 Å². The van der Waals surface area contributed by atoms with Gasteiger partial charge in [-0.3, -0.25) is 9.48 Å². The lowest BCUT2D eigenvalue weighted by Gasteiger charge is -2.39. The number of aromatic nitrogens is 2. The summed E-state index contributed by atoms with van der Waals surface area (Å²) in [4.78, 5) is 12.1. The second kappa shape index (κ2) is 7.36. The Morgan fingerprint density at radius 3 is 2.75 bits per heavy atom. The molecule has 5 nitrogen and oxygen atoms in total. The highest BCUT2D eigenvalue weighted by atomic mass is 16.5. The first kappa shape index (κ1) is 17.6. The largest absolute Gasteiger partial charge is 0.381 e. The van der Waals surface area contributed by atoms with Crippen LogP contribution in [0.15, 0.2) is 0 Å². The minimum atomic E-state index is 0.0774. The van der Waals surface area contributed by atoms with E-state index >= 15 is 0 Å². The maximum atomic E-state index is 12.1. The molecule has 0 N–H and O–H groups in total. The van der Waals surface area contributed by atoms with Crippen molar-refractivity contribution in [2.45, 2.75) is 71.9 Å². The van der Waals surface area contributed by atoms with Gasteiger partial charge < -0.3 is 9.47 Å². The Balaban J connectivity index is 1.81. The van der Waals surface area contributed by atoms with Crippen molar-refractivity contribution in [3.05, 3.63) is 17.0 Å². The average Bonchev–Trinajstić information content (AvgIpc) is 3.00. The number of nitrogens with zero attached hydrogens (tertiary/aromatic N) is 2. The molecular weight excluding hydrogens is 304 g/mol. The Bertz CT molecular complexity index is 586. The second-order valence-corrected chi connectivity index (χ2v) is 7.31. The van der Waals surface area contributed by atoms with Crippen LogP contribution in [-0.4, -0.2) is 35.4 Å². The predicted molar refractivity (Wildman–Crippen MR) is 92.3 cm³/mol. The fraction of sp³-hybridized carbons (Fsp3) is 0.789. The lowest BCUT2D eigenvalue weighted by Crippen LogP contribution is -2.31. The molecule has 3 rings (SSSR count). The summed E-state index contributed by atoms with van der Waals surface area (Å²) in [6.45, 7) is 9.64. The molecule has 1 aliphatic carbocycles. The molecule has 0 radical (unpaired) electrons. The maximum Gasteiger partial charge on any atom is 0.180 e. The standard InChI is InChI=1S/C19H30N2O3/c1-4-19(13-23-5-2)8-6-15(7-9-19)17-16-12-24-11-10-21(16)20-18(17)14(3)22/h15H,4-13H2,1-3H3. The van der Waals surface area contributed by atoms with Gasteiger partial charge in [-0.25, -0.2) is 0 Å². The van der Waals surface area contributed by atoms with E-state index in [0.29, 0.717) is 30.2 Å². The summed E-state index contributed by atoms with van der Waals surface area (Å²) in [6, 6.07) is 0. The molecule has 24 heavy (non-hydrogen) atoms. The third-order valence-corrected chi connectivity index (χ3v) is 5.93. The maximum absolute atomic E-state index is 12.1. The van der Waals surface area contributed by atoms with Crippen molar-refractivity contribution in [3.63, 3.8) is 0 Å². The molecular formula is C19H30N2O3. The number of carbonyl (C=O) groups excluding carboxylic acids is 1. The molecule has 0 spiro atoms. The zero-order valence-corrected chi connectivity index (χ0v) is 15.3. The van der Waals surface area contributed by atoms with E-state index in [4.69, 9.17) is 9.47 Å². The number of hydrogen-bond acceptors (Lipinski definition) is 4. The van der Waals surface area contributed by atoms with Gasteiger partial charge in [0.1, 0.15) is 5.69 Å². The normalized spacial score (nSPS) is 27.0. The third-order valence-electron chi connectivity index (χ3n) is 5.93. The molecule has 1 fully saturated rings. The molecule has 1 aliphatic heterocycles. The number of ketones is 1. The summed E-state index contributed by atoms with van der Waals surface area (Å²) in [6.07, 6.45) is 5.71. The van der Waals surface area contributed by atoms with Crippen LogP contribution in [0.2, 0.25) is 0 Å². The van der Waals surface area contributed by atoms with Gasteiger partial charge in [-0.05, 0) is 50.4 Å². The topological polar surface area (TPSA) is 53.3 Å². The lowest BCUT2D eigenvalue weighted by molar-refractivity contribution is 0.0189. The molecule has 5 heteroatoms. The zero-order valence-electron chi connectivity index (χ0n) is 15.3. The van der Waals surface area contributed by atoms with Gasteiger partial charge in [-0.2, -0.15) is 5.10 Å². The Labute approximate surface area is 144 Å². The molecule has 0 amide bonds. The van der Waals surface area contributed by atoms with E-state index < -0.39 is 0 Å². The van der Waals surface area contributed by atoms with Crippen LogP contribution >= 0.6 is 0 Å². The molecule has 1 saturated carbocycles. The SMILES string of the molecule is CCOCC1(CC)CCC(c2c(C(C)=O)nn3c2COCC3)CC1. The van der Waals surface area contributed by atoms with Gasteiger partial charge in [-0.1, -0.05) is 6.92 Å². The first-order valence-corrected chi connectivity index (χ1v) is 9.36. The smallest absolute Gasteiger partial charge is 0.180 e. The van der Waals surface area contributed by atoms with Crippen molar-refractivity contribution in [1.82, 2.24) is 9.78 Å².